The number of aliphatic hydroxyl groups excluding tert-OH is 2. The zero-order valence-electron chi connectivity index (χ0n) is 33.4. The van der Waals surface area contributed by atoms with Gasteiger partial charge in [-0.1, -0.05) is 146 Å². The number of aliphatic hydroxyl groups is 2. The normalized spacial score (nSPS) is 14.3. The van der Waals surface area contributed by atoms with E-state index in [9.17, 15) is 28.9 Å². The highest BCUT2D eigenvalue weighted by Gasteiger charge is 2.27. The number of ether oxygens (including phenoxy) is 2. The molecule has 0 heterocycles. The van der Waals surface area contributed by atoms with Crippen LogP contribution in [0.2, 0.25) is 0 Å². The second kappa shape index (κ2) is 37.5. The highest BCUT2D eigenvalue weighted by Crippen LogP contribution is 2.43. The molecule has 0 aromatic rings. The van der Waals surface area contributed by atoms with Gasteiger partial charge in [0.15, 0.2) is 11.9 Å². The molecule has 0 aliphatic rings. The smallest absolute Gasteiger partial charge is 0.462 e. The molecular weight excluding hydrogens is 711 g/mol. The Balaban J connectivity index is 4.55. The average molecular weight is 785 g/mol. The molecule has 1 unspecified atom stereocenters. The molecule has 3 N–H and O–H groups in total. The van der Waals surface area contributed by atoms with Gasteiger partial charge in [-0.05, 0) is 44.6 Å². The third-order valence-electron chi connectivity index (χ3n) is 8.46. The number of allylic oxidation sites excluding steroid dienone is 8. The summed E-state index contributed by atoms with van der Waals surface area (Å²) in [5, 5.41) is 18.3. The van der Waals surface area contributed by atoms with E-state index in [2.05, 4.69) is 42.7 Å². The number of hydrogen-bond acceptors (Lipinski definition) is 10. The summed E-state index contributed by atoms with van der Waals surface area (Å²) in [6.07, 6.45) is 35.1. The van der Waals surface area contributed by atoms with Crippen LogP contribution in [0.3, 0.4) is 0 Å². The molecule has 0 spiro atoms. The molecule has 0 bridgehead atoms. The average Bonchev–Trinajstić information content (AvgIpc) is 3.15. The minimum absolute atomic E-state index is 0.105. The lowest BCUT2D eigenvalue weighted by atomic mass is 10.0. The van der Waals surface area contributed by atoms with Gasteiger partial charge >= 0.3 is 19.8 Å². The number of ketones is 1. The first-order valence-electron chi connectivity index (χ1n) is 20.5. The summed E-state index contributed by atoms with van der Waals surface area (Å²) in [7, 11) is -4.68. The number of phosphoric acid groups is 1. The maximum atomic E-state index is 12.6. The van der Waals surface area contributed by atoms with Gasteiger partial charge in [0.25, 0.3) is 0 Å². The molecular formula is C42H73O11P. The zero-order chi connectivity index (χ0) is 40.0. The van der Waals surface area contributed by atoms with Crippen LogP contribution >= 0.6 is 7.82 Å². The van der Waals surface area contributed by atoms with Gasteiger partial charge in [0.2, 0.25) is 0 Å². The molecule has 54 heavy (non-hydrogen) atoms. The van der Waals surface area contributed by atoms with Gasteiger partial charge in [0.05, 0.1) is 19.8 Å². The van der Waals surface area contributed by atoms with Gasteiger partial charge < -0.3 is 24.6 Å². The molecule has 0 radical (unpaired) electrons. The first-order chi connectivity index (χ1) is 26.1. The topological polar surface area (TPSA) is 166 Å². The molecule has 0 saturated heterocycles. The molecule has 0 fully saturated rings. The van der Waals surface area contributed by atoms with Crippen LogP contribution < -0.4 is 0 Å². The van der Waals surface area contributed by atoms with Crippen LogP contribution in [0.1, 0.15) is 162 Å². The summed E-state index contributed by atoms with van der Waals surface area (Å²) < 4.78 is 32.4. The fourth-order valence-corrected chi connectivity index (χ4v) is 6.03. The van der Waals surface area contributed by atoms with Gasteiger partial charge in [0, 0.05) is 19.3 Å². The number of phosphoric ester groups is 1. The Kier molecular flexibility index (Phi) is 35.9. The van der Waals surface area contributed by atoms with Gasteiger partial charge in [-0.3, -0.25) is 23.4 Å². The van der Waals surface area contributed by atoms with E-state index in [4.69, 9.17) is 19.1 Å². The molecule has 11 nitrogen and oxygen atoms in total. The Morgan fingerprint density at radius 3 is 1.78 bits per heavy atom. The SMILES string of the molecule is CCCCC/C=C\C/C=C\C/C=C\C=C\C(=O)CCCC(=O)O[C@H](COC(=O)CCCCCCCCCCCCCCC)COP(=O)(O)OC[C@@H](O)CO. The Morgan fingerprint density at radius 1 is 0.611 bits per heavy atom. The van der Waals surface area contributed by atoms with Crippen molar-refractivity contribution in [2.45, 2.75) is 174 Å². The van der Waals surface area contributed by atoms with Crippen LogP contribution in [0.4, 0.5) is 0 Å². The maximum absolute atomic E-state index is 12.6. The highest BCUT2D eigenvalue weighted by atomic mass is 31.2. The summed E-state index contributed by atoms with van der Waals surface area (Å²) in [6.45, 7) is 2.06. The van der Waals surface area contributed by atoms with Gasteiger partial charge in [-0.15, -0.1) is 0 Å². The monoisotopic (exact) mass is 784 g/mol. The lowest BCUT2D eigenvalue weighted by molar-refractivity contribution is -0.161. The van der Waals surface area contributed by atoms with Crippen LogP contribution in [0, 0.1) is 0 Å². The van der Waals surface area contributed by atoms with E-state index in [-0.39, 0.29) is 31.5 Å². The van der Waals surface area contributed by atoms with Crippen LogP contribution in [0.15, 0.2) is 48.6 Å². The largest absolute Gasteiger partial charge is 0.472 e. The summed E-state index contributed by atoms with van der Waals surface area (Å²) in [6, 6.07) is 0. The van der Waals surface area contributed by atoms with Crippen molar-refractivity contribution in [2.75, 3.05) is 26.4 Å². The number of rotatable bonds is 38. The van der Waals surface area contributed by atoms with E-state index < -0.39 is 58.4 Å². The van der Waals surface area contributed by atoms with Gasteiger partial charge in [-0.25, -0.2) is 4.57 Å². The Labute approximate surface area is 326 Å². The molecule has 12 heteroatoms. The summed E-state index contributed by atoms with van der Waals surface area (Å²) >= 11 is 0. The highest BCUT2D eigenvalue weighted by molar-refractivity contribution is 7.47. The van der Waals surface area contributed by atoms with Crippen LogP contribution in [0.5, 0.6) is 0 Å². The molecule has 0 rings (SSSR count). The third-order valence-corrected chi connectivity index (χ3v) is 9.41. The number of carbonyl (C=O) groups excluding carboxylic acids is 3. The first kappa shape index (κ1) is 51.6. The first-order valence-corrected chi connectivity index (χ1v) is 22.0. The predicted molar refractivity (Wildman–Crippen MR) is 215 cm³/mol. The van der Waals surface area contributed by atoms with Crippen molar-refractivity contribution in [3.05, 3.63) is 48.6 Å². The fraction of sp³-hybridized carbons (Fsp3) is 0.738. The van der Waals surface area contributed by atoms with Crippen molar-refractivity contribution in [3.63, 3.8) is 0 Å². The minimum atomic E-state index is -4.68. The second-order valence-corrected chi connectivity index (χ2v) is 15.2. The van der Waals surface area contributed by atoms with Crippen molar-refractivity contribution in [1.82, 2.24) is 0 Å². The summed E-state index contributed by atoms with van der Waals surface area (Å²) in [4.78, 5) is 47.1. The lowest BCUT2D eigenvalue weighted by Crippen LogP contribution is -2.30. The summed E-state index contributed by atoms with van der Waals surface area (Å²) in [5.74, 6) is -1.33. The van der Waals surface area contributed by atoms with Gasteiger partial charge in [0.1, 0.15) is 12.7 Å². The third kappa shape index (κ3) is 36.6. The molecule has 312 valence electrons. The Bertz CT molecular complexity index is 1100. The molecule has 0 aromatic carbocycles. The number of hydrogen-bond donors (Lipinski definition) is 3. The van der Waals surface area contributed by atoms with Crippen molar-refractivity contribution in [2.24, 2.45) is 0 Å². The fourth-order valence-electron chi connectivity index (χ4n) is 5.24. The molecule has 3 atom stereocenters. The van der Waals surface area contributed by atoms with Crippen LogP contribution in [-0.4, -0.2) is 71.5 Å². The summed E-state index contributed by atoms with van der Waals surface area (Å²) in [5.41, 5.74) is 0. The zero-order valence-corrected chi connectivity index (χ0v) is 34.3. The molecule has 0 aromatic heterocycles. The number of esters is 2. The predicted octanol–water partition coefficient (Wildman–Crippen LogP) is 9.73. The van der Waals surface area contributed by atoms with E-state index in [1.807, 2.05) is 6.08 Å². The van der Waals surface area contributed by atoms with Crippen LogP contribution in [-0.2, 0) is 37.5 Å². The van der Waals surface area contributed by atoms with E-state index in [0.29, 0.717) is 6.42 Å². The van der Waals surface area contributed by atoms with Crippen molar-refractivity contribution in [1.29, 1.82) is 0 Å². The maximum Gasteiger partial charge on any atom is 0.472 e. The number of carbonyl (C=O) groups is 3. The standard InChI is InChI=1S/C42H73O11P/c1-3-5-7-9-11-13-15-17-19-21-23-25-27-30-38(44)31-29-33-42(47)53-40(37-52-54(48,49)51-35-39(45)34-43)36-50-41(46)32-28-26-24-22-20-18-16-14-12-10-8-6-4-2/h11,13,17,19,23,25,27,30,39-40,43,45H,3-10,12,14-16,18,20-22,24,26,28-29,31-37H2,1-2H3,(H,48,49)/b13-11-,19-17-,25-23-,30-27+/t39-,40+/m0/s1. The van der Waals surface area contributed by atoms with E-state index in [1.54, 1.807) is 12.2 Å². The lowest BCUT2D eigenvalue weighted by Gasteiger charge is -2.20. The second-order valence-electron chi connectivity index (χ2n) is 13.7. The van der Waals surface area contributed by atoms with E-state index in [1.165, 1.54) is 83.1 Å². The Morgan fingerprint density at radius 2 is 1.15 bits per heavy atom. The van der Waals surface area contributed by atoms with Crippen LogP contribution in [0.25, 0.3) is 0 Å². The molecule has 0 aliphatic heterocycles. The Hall–Kier alpha value is -2.40. The molecule has 0 saturated carbocycles. The quantitative estimate of drug-likeness (QED) is 0.0136. The van der Waals surface area contributed by atoms with Crippen molar-refractivity contribution in [3.8, 4) is 0 Å². The minimum Gasteiger partial charge on any atom is -0.462 e. The number of unbranched alkanes of at least 4 members (excludes halogenated alkanes) is 15. The van der Waals surface area contributed by atoms with E-state index in [0.717, 1.165) is 38.5 Å². The van der Waals surface area contributed by atoms with Crippen molar-refractivity contribution < 1.29 is 52.6 Å². The van der Waals surface area contributed by atoms with Crippen molar-refractivity contribution >= 4 is 25.5 Å². The van der Waals surface area contributed by atoms with Gasteiger partial charge in [-0.2, -0.15) is 0 Å². The molecule has 0 aliphatic carbocycles. The van der Waals surface area contributed by atoms with E-state index >= 15 is 0 Å². The molecule has 0 amide bonds.